The van der Waals surface area contributed by atoms with Gasteiger partial charge in [-0.2, -0.15) is 0 Å². The average molecular weight is 621 g/mol. The molecular weight excluding hydrogens is 594 g/mol. The Morgan fingerprint density at radius 2 is 1.86 bits per heavy atom. The van der Waals surface area contributed by atoms with Crippen LogP contribution in [0.2, 0.25) is 10.0 Å². The Kier molecular flexibility index (Phi) is 6.63. The van der Waals surface area contributed by atoms with Crippen molar-refractivity contribution in [1.29, 1.82) is 0 Å². The lowest BCUT2D eigenvalue weighted by molar-refractivity contribution is -0.135. The van der Waals surface area contributed by atoms with E-state index in [4.69, 9.17) is 28.3 Å². The van der Waals surface area contributed by atoms with E-state index in [9.17, 15) is 14.4 Å². The summed E-state index contributed by atoms with van der Waals surface area (Å²) >= 11 is 12.6. The number of nitrogens with one attached hydrogen (secondary N) is 2. The van der Waals surface area contributed by atoms with E-state index in [2.05, 4.69) is 10.6 Å². The molecule has 3 aromatic rings. The van der Waals surface area contributed by atoms with Crippen LogP contribution >= 0.6 is 23.2 Å². The molecule has 7 rings (SSSR count). The highest BCUT2D eigenvalue weighted by molar-refractivity contribution is 6.31. The minimum Gasteiger partial charge on any atom is -0.480 e. The molecule has 1 spiro atoms. The summed E-state index contributed by atoms with van der Waals surface area (Å²) in [7, 11) is 0. The Bertz CT molecular complexity index is 1710. The highest BCUT2D eigenvalue weighted by Gasteiger charge is 2.68. The molecule has 0 aromatic heterocycles. The Labute approximate surface area is 257 Å². The third-order valence-corrected chi connectivity index (χ3v) is 9.45. The number of fused-ring (bicyclic) bond motifs is 3. The van der Waals surface area contributed by atoms with E-state index in [1.807, 2.05) is 11.0 Å². The maximum atomic E-state index is 16.0. The molecule has 3 heterocycles. The smallest absolute Gasteiger partial charge is 0.322 e. The molecule has 3 N–H and O–H groups in total. The van der Waals surface area contributed by atoms with Crippen LogP contribution in [-0.4, -0.2) is 47.4 Å². The van der Waals surface area contributed by atoms with Crippen molar-refractivity contribution in [3.05, 3.63) is 99.4 Å². The Morgan fingerprint density at radius 3 is 2.58 bits per heavy atom. The highest BCUT2D eigenvalue weighted by atomic mass is 35.5. The largest absolute Gasteiger partial charge is 0.480 e. The van der Waals surface area contributed by atoms with Crippen LogP contribution < -0.4 is 15.5 Å². The third kappa shape index (κ3) is 4.36. The number of amides is 2. The summed E-state index contributed by atoms with van der Waals surface area (Å²) in [6.45, 7) is 0.564. The average Bonchev–Trinajstić information content (AvgIpc) is 3.70. The van der Waals surface area contributed by atoms with Gasteiger partial charge < -0.3 is 25.5 Å². The predicted octanol–water partition coefficient (Wildman–Crippen LogP) is 5.83. The van der Waals surface area contributed by atoms with Gasteiger partial charge in [0.2, 0.25) is 5.91 Å². The first-order chi connectivity index (χ1) is 20.7. The van der Waals surface area contributed by atoms with Gasteiger partial charge in [0.25, 0.3) is 5.91 Å². The first-order valence-electron chi connectivity index (χ1n) is 14.1. The second-order valence-electron chi connectivity index (χ2n) is 11.4. The van der Waals surface area contributed by atoms with Gasteiger partial charge in [-0.25, -0.2) is 4.39 Å². The van der Waals surface area contributed by atoms with Crippen LogP contribution in [0.1, 0.15) is 29.9 Å². The number of likely N-dealkylation sites (tertiary alicyclic amines) is 1. The van der Waals surface area contributed by atoms with Crippen LogP contribution in [-0.2, 0) is 19.9 Å². The maximum Gasteiger partial charge on any atom is 0.322 e. The van der Waals surface area contributed by atoms with Gasteiger partial charge in [0.05, 0.1) is 10.9 Å². The summed E-state index contributed by atoms with van der Waals surface area (Å²) < 4.78 is 16.0. The molecule has 2 fully saturated rings. The number of halogens is 3. The fraction of sp³-hybridized carbons (Fsp3) is 0.281. The minimum atomic E-state index is -1.40. The highest BCUT2D eigenvalue weighted by Crippen LogP contribution is 2.63. The maximum absolute atomic E-state index is 16.0. The molecule has 0 bridgehead atoms. The van der Waals surface area contributed by atoms with E-state index in [1.165, 1.54) is 6.07 Å². The summed E-state index contributed by atoms with van der Waals surface area (Å²) in [5, 5.41) is 15.2. The number of hydrogen-bond acceptors (Lipinski definition) is 5. The van der Waals surface area contributed by atoms with Crippen molar-refractivity contribution >= 4 is 58.0 Å². The van der Waals surface area contributed by atoms with Crippen LogP contribution in [0.3, 0.4) is 0 Å². The van der Waals surface area contributed by atoms with E-state index in [0.717, 1.165) is 12.8 Å². The van der Waals surface area contributed by atoms with Gasteiger partial charge in [-0.15, -0.1) is 0 Å². The zero-order valence-corrected chi connectivity index (χ0v) is 24.3. The van der Waals surface area contributed by atoms with Crippen molar-refractivity contribution in [1.82, 2.24) is 4.90 Å². The zero-order chi connectivity index (χ0) is 30.0. The molecular formula is C32H27Cl2FN4O4. The van der Waals surface area contributed by atoms with E-state index in [0.29, 0.717) is 45.8 Å². The fourth-order valence-electron chi connectivity index (χ4n) is 6.91. The number of rotatable bonds is 7. The molecule has 4 aliphatic rings. The van der Waals surface area contributed by atoms with Gasteiger partial charge in [0, 0.05) is 52.4 Å². The number of carboxylic acid groups (broad SMARTS) is 1. The Hall–Kier alpha value is -4.08. The number of nitrogens with zero attached hydrogens (tertiary/aromatic N) is 2. The lowest BCUT2D eigenvalue weighted by Gasteiger charge is -2.39. The third-order valence-electron chi connectivity index (χ3n) is 8.92. The lowest BCUT2D eigenvalue weighted by atomic mass is 9.70. The molecule has 1 unspecified atom stereocenters. The van der Waals surface area contributed by atoms with Gasteiger partial charge in [0.1, 0.15) is 12.4 Å². The normalized spacial score (nSPS) is 24.1. The monoisotopic (exact) mass is 620 g/mol. The summed E-state index contributed by atoms with van der Waals surface area (Å²) in [6, 6.07) is 16.8. The van der Waals surface area contributed by atoms with Crippen LogP contribution in [0.15, 0.2) is 72.4 Å². The van der Waals surface area contributed by atoms with E-state index in [1.54, 1.807) is 59.5 Å². The van der Waals surface area contributed by atoms with E-state index >= 15 is 4.39 Å². The molecule has 220 valence electrons. The second kappa shape index (κ2) is 10.3. The number of carbonyl (C=O) groups is 3. The Balaban J connectivity index is 1.39. The number of hydrogen-bond donors (Lipinski definition) is 3. The van der Waals surface area contributed by atoms with Gasteiger partial charge >= 0.3 is 5.97 Å². The number of benzene rings is 3. The van der Waals surface area contributed by atoms with Crippen molar-refractivity contribution in [2.75, 3.05) is 35.2 Å². The van der Waals surface area contributed by atoms with E-state index < -0.39 is 29.2 Å². The molecule has 3 aromatic carbocycles. The van der Waals surface area contributed by atoms with Crippen LogP contribution in [0.4, 0.5) is 21.5 Å². The van der Waals surface area contributed by atoms with Gasteiger partial charge in [-0.05, 0) is 72.9 Å². The summed E-state index contributed by atoms with van der Waals surface area (Å²) in [5.41, 5.74) is 1.89. The first kappa shape index (κ1) is 27.7. The molecule has 1 aliphatic carbocycles. The fourth-order valence-corrected chi connectivity index (χ4v) is 7.27. The van der Waals surface area contributed by atoms with Crippen molar-refractivity contribution in [2.45, 2.75) is 24.3 Å². The molecule has 1 saturated carbocycles. The minimum absolute atomic E-state index is 0.0851. The first-order valence-corrected chi connectivity index (χ1v) is 14.9. The molecule has 0 radical (unpaired) electrons. The molecule has 3 atom stereocenters. The van der Waals surface area contributed by atoms with Crippen molar-refractivity contribution in [3.63, 3.8) is 0 Å². The summed E-state index contributed by atoms with van der Waals surface area (Å²) in [5.74, 6) is -3.69. The van der Waals surface area contributed by atoms with Gasteiger partial charge in [-0.3, -0.25) is 14.4 Å². The number of anilines is 3. The summed E-state index contributed by atoms with van der Waals surface area (Å²) in [6.07, 6.45) is 3.99. The predicted molar refractivity (Wildman–Crippen MR) is 162 cm³/mol. The van der Waals surface area contributed by atoms with Gasteiger partial charge in [0.15, 0.2) is 5.54 Å². The number of carboxylic acids is 1. The van der Waals surface area contributed by atoms with Crippen LogP contribution in [0.25, 0.3) is 0 Å². The Morgan fingerprint density at radius 1 is 1.09 bits per heavy atom. The molecule has 8 nitrogen and oxygen atoms in total. The SMILES string of the molecule is O=C(O)CNc1ccc(N2CC=C3[C@@H](C2=O)[C@H](c2cccc(Cl)c2F)C2(C(=O)Nc4cc(Cl)ccc42)N3CC2CC2)cc1. The standard InChI is InChI=1S/C32H27Cl2FN4O4/c33-18-6-11-22-24(14-18)37-31(43)32(22)28(21-2-1-3-23(34)29(21)35)27-25(39(32)16-17-4-5-17)12-13-38(30(27)42)20-9-7-19(8-10-20)36-15-26(40)41/h1-3,6-12,14,17,27-28,36H,4-5,13,15-16H2,(H,37,43)(H,40,41)/t27-,28+,32?/m1/s1. The lowest BCUT2D eigenvalue weighted by Crippen LogP contribution is -2.50. The van der Waals surface area contributed by atoms with Crippen molar-refractivity contribution in [2.24, 2.45) is 11.8 Å². The quantitative estimate of drug-likeness (QED) is 0.307. The molecule has 2 amide bonds. The van der Waals surface area contributed by atoms with Gasteiger partial charge in [-0.1, -0.05) is 41.4 Å². The summed E-state index contributed by atoms with van der Waals surface area (Å²) in [4.78, 5) is 43.6. The number of carbonyl (C=O) groups excluding carboxylic acids is 2. The molecule has 1 saturated heterocycles. The molecule has 43 heavy (non-hydrogen) atoms. The number of aliphatic carboxylic acids is 1. The van der Waals surface area contributed by atoms with Crippen LogP contribution in [0.5, 0.6) is 0 Å². The zero-order valence-electron chi connectivity index (χ0n) is 22.8. The molecule has 11 heteroatoms. The van der Waals surface area contributed by atoms with Crippen molar-refractivity contribution < 1.29 is 23.9 Å². The van der Waals surface area contributed by atoms with Crippen molar-refractivity contribution in [3.8, 4) is 0 Å². The van der Waals surface area contributed by atoms with E-state index in [-0.39, 0.29) is 35.5 Å². The second-order valence-corrected chi connectivity index (χ2v) is 12.3. The van der Waals surface area contributed by atoms with Crippen LogP contribution in [0, 0.1) is 17.7 Å². The molecule has 3 aliphatic heterocycles. The topological polar surface area (TPSA) is 102 Å².